The van der Waals surface area contributed by atoms with Gasteiger partial charge in [0.05, 0.1) is 17.6 Å². The summed E-state index contributed by atoms with van der Waals surface area (Å²) in [5, 5.41) is 9.02. The number of hydrogen-bond acceptors (Lipinski definition) is 4. The molecule has 5 nitrogen and oxygen atoms in total. The number of aliphatic hydroxyl groups excluding tert-OH is 1. The van der Waals surface area contributed by atoms with Gasteiger partial charge in [0.15, 0.2) is 0 Å². The first kappa shape index (κ1) is 18.0. The van der Waals surface area contributed by atoms with Crippen LogP contribution in [0.3, 0.4) is 0 Å². The third-order valence-electron chi connectivity index (χ3n) is 5.24. The highest BCUT2D eigenvalue weighted by Crippen LogP contribution is 2.25. The number of likely N-dealkylation sites (tertiary alicyclic amines) is 1. The Hall–Kier alpha value is -2.37. The van der Waals surface area contributed by atoms with Gasteiger partial charge in [0, 0.05) is 25.1 Å². The van der Waals surface area contributed by atoms with Gasteiger partial charge in [-0.25, -0.2) is 4.98 Å². The molecule has 1 aliphatic rings. The second-order valence-corrected chi connectivity index (χ2v) is 7.33. The normalized spacial score (nSPS) is 18.0. The van der Waals surface area contributed by atoms with Crippen LogP contribution >= 0.6 is 0 Å². The van der Waals surface area contributed by atoms with E-state index in [1.54, 1.807) is 0 Å². The fraction of sp³-hybridized carbons (Fsp3) is 0.409. The molecule has 3 aromatic rings. The summed E-state index contributed by atoms with van der Waals surface area (Å²) in [4.78, 5) is 10.7. The molecule has 2 aromatic carbocycles. The van der Waals surface area contributed by atoms with Gasteiger partial charge in [-0.1, -0.05) is 30.3 Å². The van der Waals surface area contributed by atoms with Gasteiger partial charge in [-0.15, -0.1) is 0 Å². The second-order valence-electron chi connectivity index (χ2n) is 7.33. The lowest BCUT2D eigenvalue weighted by atomic mass is 9.94. The molecule has 142 valence electrons. The maximum Gasteiger partial charge on any atom is 0.123 e. The smallest absolute Gasteiger partial charge is 0.123 e. The van der Waals surface area contributed by atoms with Crippen LogP contribution < -0.4 is 4.74 Å². The van der Waals surface area contributed by atoms with Crippen LogP contribution in [0.15, 0.2) is 48.5 Å². The summed E-state index contributed by atoms with van der Waals surface area (Å²) < 4.78 is 5.69. The van der Waals surface area contributed by atoms with Crippen LogP contribution in [0.2, 0.25) is 0 Å². The highest BCUT2D eigenvalue weighted by atomic mass is 16.5. The van der Waals surface area contributed by atoms with Gasteiger partial charge in [0.1, 0.15) is 18.2 Å². The number of nitrogens with zero attached hydrogens (tertiary/aromatic N) is 2. The molecule has 1 fully saturated rings. The van der Waals surface area contributed by atoms with Crippen molar-refractivity contribution in [3.05, 3.63) is 59.9 Å². The van der Waals surface area contributed by atoms with Crippen LogP contribution in [0.25, 0.3) is 11.0 Å². The molecule has 2 heterocycles. The third kappa shape index (κ3) is 4.49. The molecule has 1 saturated heterocycles. The number of aliphatic hydroxyl groups is 1. The lowest BCUT2D eigenvalue weighted by Crippen LogP contribution is -2.36. The number of imidazole rings is 1. The first-order valence-corrected chi connectivity index (χ1v) is 9.79. The van der Waals surface area contributed by atoms with E-state index in [1.807, 2.05) is 24.3 Å². The fourth-order valence-electron chi connectivity index (χ4n) is 4.01. The van der Waals surface area contributed by atoms with Crippen LogP contribution in [0.4, 0.5) is 0 Å². The molecule has 0 radical (unpaired) electrons. The molecular formula is C22H27N3O2. The minimum Gasteiger partial charge on any atom is -0.491 e. The molecular weight excluding hydrogens is 338 g/mol. The van der Waals surface area contributed by atoms with E-state index >= 15 is 0 Å². The minimum absolute atomic E-state index is 0.0393. The summed E-state index contributed by atoms with van der Waals surface area (Å²) in [6.45, 7) is 3.46. The van der Waals surface area contributed by atoms with Gasteiger partial charge in [-0.3, -0.25) is 4.90 Å². The second kappa shape index (κ2) is 8.55. The molecule has 4 rings (SSSR count). The number of aromatic amines is 1. The Kier molecular flexibility index (Phi) is 5.70. The van der Waals surface area contributed by atoms with Gasteiger partial charge in [-0.05, 0) is 43.5 Å². The van der Waals surface area contributed by atoms with Crippen molar-refractivity contribution in [3.63, 3.8) is 0 Å². The Morgan fingerprint density at radius 3 is 2.89 bits per heavy atom. The van der Waals surface area contributed by atoms with Crippen molar-refractivity contribution >= 4 is 11.0 Å². The van der Waals surface area contributed by atoms with Crippen molar-refractivity contribution in [3.8, 4) is 5.75 Å². The van der Waals surface area contributed by atoms with E-state index in [0.29, 0.717) is 12.5 Å². The summed E-state index contributed by atoms with van der Waals surface area (Å²) >= 11 is 0. The molecule has 27 heavy (non-hydrogen) atoms. The molecule has 1 aromatic heterocycles. The monoisotopic (exact) mass is 365 g/mol. The van der Waals surface area contributed by atoms with Crippen molar-refractivity contribution in [2.45, 2.75) is 25.8 Å². The van der Waals surface area contributed by atoms with E-state index in [1.165, 1.54) is 18.4 Å². The number of benzene rings is 2. The Balaban J connectivity index is 1.39. The summed E-state index contributed by atoms with van der Waals surface area (Å²) in [6.07, 6.45) is 3.45. The number of piperidine rings is 1. The van der Waals surface area contributed by atoms with E-state index < -0.39 is 0 Å². The molecule has 1 atom stereocenters. The fourth-order valence-corrected chi connectivity index (χ4v) is 4.01. The van der Waals surface area contributed by atoms with E-state index in [4.69, 9.17) is 14.8 Å². The molecule has 1 aliphatic heterocycles. The van der Waals surface area contributed by atoms with Crippen molar-refractivity contribution in [1.29, 1.82) is 0 Å². The summed E-state index contributed by atoms with van der Waals surface area (Å²) in [5.74, 6) is 2.59. The van der Waals surface area contributed by atoms with Crippen LogP contribution in [0.1, 0.15) is 24.2 Å². The lowest BCUT2D eigenvalue weighted by molar-refractivity contribution is 0.161. The van der Waals surface area contributed by atoms with Gasteiger partial charge in [0.25, 0.3) is 0 Å². The average Bonchev–Trinajstić information content (AvgIpc) is 3.10. The molecule has 0 aliphatic carbocycles. The standard InChI is InChI=1S/C22H27N3O2/c26-12-13-27-21-10-4-1-7-18(21)16-25-11-5-6-17(15-25)14-22-23-19-8-2-3-9-20(19)24-22/h1-4,7-10,17,26H,5-6,11-16H2,(H,23,24). The zero-order valence-electron chi connectivity index (χ0n) is 15.6. The van der Waals surface area contributed by atoms with Crippen molar-refractivity contribution in [2.75, 3.05) is 26.3 Å². The molecule has 0 saturated carbocycles. The number of rotatable bonds is 7. The minimum atomic E-state index is 0.0393. The predicted octanol–water partition coefficient (Wildman–Crippen LogP) is 3.39. The van der Waals surface area contributed by atoms with Crippen LogP contribution in [-0.2, 0) is 13.0 Å². The zero-order valence-corrected chi connectivity index (χ0v) is 15.6. The molecule has 0 bridgehead atoms. The quantitative estimate of drug-likeness (QED) is 0.674. The SMILES string of the molecule is OCCOc1ccccc1CN1CCCC(Cc2nc3ccccc3[nH]2)C1. The van der Waals surface area contributed by atoms with Crippen LogP contribution in [0, 0.1) is 5.92 Å². The van der Waals surface area contributed by atoms with Gasteiger partial charge < -0.3 is 14.8 Å². The number of hydrogen-bond donors (Lipinski definition) is 2. The Morgan fingerprint density at radius 1 is 1.15 bits per heavy atom. The molecule has 0 amide bonds. The third-order valence-corrected chi connectivity index (χ3v) is 5.24. The summed E-state index contributed by atoms with van der Waals surface area (Å²) in [6, 6.07) is 16.4. The van der Waals surface area contributed by atoms with Crippen molar-refractivity contribution in [1.82, 2.24) is 14.9 Å². The Labute approximate surface area is 160 Å². The van der Waals surface area contributed by atoms with Gasteiger partial charge in [0.2, 0.25) is 0 Å². The van der Waals surface area contributed by atoms with E-state index in [2.05, 4.69) is 34.1 Å². The van der Waals surface area contributed by atoms with Gasteiger partial charge >= 0.3 is 0 Å². The first-order valence-electron chi connectivity index (χ1n) is 9.79. The maximum atomic E-state index is 9.02. The van der Waals surface area contributed by atoms with E-state index in [-0.39, 0.29) is 6.61 Å². The number of ether oxygens (including phenoxy) is 1. The predicted molar refractivity (Wildman–Crippen MR) is 107 cm³/mol. The molecule has 2 N–H and O–H groups in total. The Morgan fingerprint density at radius 2 is 2.00 bits per heavy atom. The lowest BCUT2D eigenvalue weighted by Gasteiger charge is -2.32. The first-order chi connectivity index (χ1) is 13.3. The highest BCUT2D eigenvalue weighted by molar-refractivity contribution is 5.74. The number of aromatic nitrogens is 2. The topological polar surface area (TPSA) is 61.4 Å². The zero-order chi connectivity index (χ0) is 18.5. The number of nitrogens with one attached hydrogen (secondary N) is 1. The highest BCUT2D eigenvalue weighted by Gasteiger charge is 2.22. The van der Waals surface area contributed by atoms with Crippen LogP contribution in [-0.4, -0.2) is 46.3 Å². The van der Waals surface area contributed by atoms with Crippen molar-refractivity contribution < 1.29 is 9.84 Å². The maximum absolute atomic E-state index is 9.02. The number of fused-ring (bicyclic) bond motifs is 1. The average molecular weight is 365 g/mol. The molecule has 1 unspecified atom stereocenters. The largest absolute Gasteiger partial charge is 0.491 e. The van der Waals surface area contributed by atoms with E-state index in [9.17, 15) is 0 Å². The number of H-pyrrole nitrogens is 1. The van der Waals surface area contributed by atoms with Gasteiger partial charge in [-0.2, -0.15) is 0 Å². The summed E-state index contributed by atoms with van der Waals surface area (Å²) in [5.41, 5.74) is 3.36. The Bertz CT molecular complexity index is 844. The summed E-state index contributed by atoms with van der Waals surface area (Å²) in [7, 11) is 0. The van der Waals surface area contributed by atoms with Crippen molar-refractivity contribution in [2.24, 2.45) is 5.92 Å². The van der Waals surface area contributed by atoms with E-state index in [0.717, 1.165) is 48.7 Å². The van der Waals surface area contributed by atoms with Crippen LogP contribution in [0.5, 0.6) is 5.75 Å². The molecule has 5 heteroatoms. The molecule has 0 spiro atoms. The number of para-hydroxylation sites is 3.